The fourth-order valence-corrected chi connectivity index (χ4v) is 3.49. The summed E-state index contributed by atoms with van der Waals surface area (Å²) < 4.78 is 28.2. The molecule has 1 aromatic carbocycles. The van der Waals surface area contributed by atoms with Gasteiger partial charge in [0, 0.05) is 24.8 Å². The highest BCUT2D eigenvalue weighted by molar-refractivity contribution is 7.89. The molecule has 0 aliphatic carbocycles. The third-order valence-electron chi connectivity index (χ3n) is 3.57. The molecular formula is C17H21N3O4S. The molecule has 134 valence electrons. The smallest absolute Gasteiger partial charge is 0.297 e. The van der Waals surface area contributed by atoms with E-state index in [2.05, 4.69) is 9.71 Å². The van der Waals surface area contributed by atoms with Crippen molar-refractivity contribution >= 4 is 10.0 Å². The number of H-pyrrole nitrogens is 1. The van der Waals surface area contributed by atoms with Gasteiger partial charge in [-0.1, -0.05) is 42.5 Å². The summed E-state index contributed by atoms with van der Waals surface area (Å²) in [5.74, 6) is -0.0405. The molecule has 1 aromatic heterocycles. The number of benzene rings is 1. The number of rotatable bonds is 8. The van der Waals surface area contributed by atoms with E-state index in [-0.39, 0.29) is 18.3 Å². The molecule has 0 saturated carbocycles. The molecule has 0 amide bonds. The van der Waals surface area contributed by atoms with Gasteiger partial charge in [0.2, 0.25) is 10.0 Å². The number of aromatic amines is 1. The van der Waals surface area contributed by atoms with Crippen LogP contribution in [0.4, 0.5) is 0 Å². The van der Waals surface area contributed by atoms with Crippen LogP contribution in [-0.4, -0.2) is 23.7 Å². The molecule has 0 saturated heterocycles. The average molecular weight is 363 g/mol. The van der Waals surface area contributed by atoms with Crippen LogP contribution in [-0.2, 0) is 16.6 Å². The van der Waals surface area contributed by atoms with Crippen molar-refractivity contribution in [1.29, 1.82) is 0 Å². The first-order valence-electron chi connectivity index (χ1n) is 7.87. The molecule has 0 fully saturated rings. The first-order valence-corrected chi connectivity index (χ1v) is 9.52. The summed E-state index contributed by atoms with van der Waals surface area (Å²) in [4.78, 5) is 24.6. The summed E-state index contributed by atoms with van der Waals surface area (Å²) in [5, 5.41) is 0. The fraction of sp³-hybridized carbons (Fsp3) is 0.294. The van der Waals surface area contributed by atoms with E-state index in [9.17, 15) is 18.0 Å². The highest BCUT2D eigenvalue weighted by Crippen LogP contribution is 2.12. The van der Waals surface area contributed by atoms with E-state index in [1.807, 2.05) is 30.3 Å². The molecule has 0 aliphatic heterocycles. The second kappa shape index (κ2) is 8.59. The van der Waals surface area contributed by atoms with Gasteiger partial charge in [-0.3, -0.25) is 14.3 Å². The minimum atomic E-state index is -3.41. The van der Waals surface area contributed by atoms with E-state index in [4.69, 9.17) is 0 Å². The van der Waals surface area contributed by atoms with Crippen LogP contribution < -0.4 is 16.0 Å². The van der Waals surface area contributed by atoms with Crippen LogP contribution >= 0.6 is 0 Å². The van der Waals surface area contributed by atoms with E-state index in [0.717, 1.165) is 5.56 Å². The second-order valence-corrected chi connectivity index (χ2v) is 7.47. The number of aromatic nitrogens is 2. The standard InChI is InChI=1S/C17H21N3O4S/c1-14(15-8-4-2-5-9-15)19-25(23,24)13-7-3-6-11-20-12-10-16(21)18-17(20)22/h2-6,8-10,12,14,19H,7,11,13H2,1H3,(H,18,21,22)/b6-3-/t14-/m1/s1. The Morgan fingerprint density at radius 1 is 1.16 bits per heavy atom. The zero-order valence-corrected chi connectivity index (χ0v) is 14.7. The van der Waals surface area contributed by atoms with Gasteiger partial charge in [0.05, 0.1) is 5.75 Å². The van der Waals surface area contributed by atoms with Gasteiger partial charge in [-0.25, -0.2) is 17.9 Å². The number of hydrogen-bond donors (Lipinski definition) is 2. The van der Waals surface area contributed by atoms with Gasteiger partial charge in [-0.2, -0.15) is 0 Å². The summed E-state index contributed by atoms with van der Waals surface area (Å²) in [5.41, 5.74) is -0.0443. The summed E-state index contributed by atoms with van der Waals surface area (Å²) in [7, 11) is -3.41. The summed E-state index contributed by atoms with van der Waals surface area (Å²) in [6.45, 7) is 2.06. The first-order chi connectivity index (χ1) is 11.9. The van der Waals surface area contributed by atoms with Crippen LogP contribution in [0.2, 0.25) is 0 Å². The van der Waals surface area contributed by atoms with Crippen molar-refractivity contribution in [3.05, 3.63) is 81.1 Å². The maximum atomic E-state index is 12.1. The fourth-order valence-electron chi connectivity index (χ4n) is 2.26. The van der Waals surface area contributed by atoms with Crippen molar-refractivity contribution in [2.75, 3.05) is 5.75 Å². The lowest BCUT2D eigenvalue weighted by Crippen LogP contribution is -2.29. The largest absolute Gasteiger partial charge is 0.328 e. The molecule has 0 bridgehead atoms. The normalized spacial score (nSPS) is 13.2. The summed E-state index contributed by atoms with van der Waals surface area (Å²) >= 11 is 0. The molecule has 25 heavy (non-hydrogen) atoms. The first kappa shape index (κ1) is 18.9. The van der Waals surface area contributed by atoms with Crippen LogP contribution in [0.15, 0.2) is 64.3 Å². The summed E-state index contributed by atoms with van der Waals surface area (Å²) in [6, 6.07) is 10.3. The number of nitrogens with one attached hydrogen (secondary N) is 2. The van der Waals surface area contributed by atoms with E-state index >= 15 is 0 Å². The quantitative estimate of drug-likeness (QED) is 0.687. The van der Waals surface area contributed by atoms with Crippen LogP contribution in [0.5, 0.6) is 0 Å². The molecule has 1 heterocycles. The van der Waals surface area contributed by atoms with Crippen molar-refractivity contribution in [2.45, 2.75) is 25.9 Å². The highest BCUT2D eigenvalue weighted by Gasteiger charge is 2.14. The van der Waals surface area contributed by atoms with Gasteiger partial charge in [-0.05, 0) is 18.9 Å². The Kier molecular flexibility index (Phi) is 6.49. The van der Waals surface area contributed by atoms with E-state index in [1.54, 1.807) is 19.1 Å². The highest BCUT2D eigenvalue weighted by atomic mass is 32.2. The van der Waals surface area contributed by atoms with Gasteiger partial charge in [0.25, 0.3) is 5.56 Å². The Labute approximate surface area is 146 Å². The molecule has 1 atom stereocenters. The average Bonchev–Trinajstić information content (AvgIpc) is 2.56. The molecule has 0 spiro atoms. The van der Waals surface area contributed by atoms with Crippen LogP contribution in [0, 0.1) is 0 Å². The third-order valence-corrected chi connectivity index (χ3v) is 5.06. The van der Waals surface area contributed by atoms with Crippen LogP contribution in [0.3, 0.4) is 0 Å². The van der Waals surface area contributed by atoms with Crippen molar-refractivity contribution < 1.29 is 8.42 Å². The Morgan fingerprint density at radius 3 is 2.56 bits per heavy atom. The number of allylic oxidation sites excluding steroid dienone is 2. The Hall–Kier alpha value is -2.45. The van der Waals surface area contributed by atoms with Gasteiger partial charge in [0.15, 0.2) is 0 Å². The Balaban J connectivity index is 1.83. The molecule has 2 rings (SSSR count). The minimum absolute atomic E-state index is 0.0405. The lowest BCUT2D eigenvalue weighted by molar-refractivity contribution is 0.566. The molecule has 7 nitrogen and oxygen atoms in total. The second-order valence-electron chi connectivity index (χ2n) is 5.59. The molecule has 8 heteroatoms. The lowest BCUT2D eigenvalue weighted by Gasteiger charge is -2.14. The Bertz CT molecular complexity index is 930. The van der Waals surface area contributed by atoms with Gasteiger partial charge < -0.3 is 0 Å². The van der Waals surface area contributed by atoms with Gasteiger partial charge in [0.1, 0.15) is 0 Å². The monoisotopic (exact) mass is 363 g/mol. The molecule has 2 aromatic rings. The minimum Gasteiger partial charge on any atom is -0.297 e. The topological polar surface area (TPSA) is 101 Å². The SMILES string of the molecule is C[C@@H](NS(=O)(=O)CC/C=C\Cn1ccc(=O)[nH]c1=O)c1ccccc1. The van der Waals surface area contributed by atoms with Crippen molar-refractivity contribution in [3.63, 3.8) is 0 Å². The molecule has 0 radical (unpaired) electrons. The van der Waals surface area contributed by atoms with E-state index < -0.39 is 21.3 Å². The van der Waals surface area contributed by atoms with Gasteiger partial charge in [-0.15, -0.1) is 0 Å². The van der Waals surface area contributed by atoms with Crippen LogP contribution in [0.1, 0.15) is 24.9 Å². The van der Waals surface area contributed by atoms with Crippen molar-refractivity contribution in [3.8, 4) is 0 Å². The molecule has 2 N–H and O–H groups in total. The van der Waals surface area contributed by atoms with Crippen LogP contribution in [0.25, 0.3) is 0 Å². The van der Waals surface area contributed by atoms with Gasteiger partial charge >= 0.3 is 5.69 Å². The Morgan fingerprint density at radius 2 is 1.88 bits per heavy atom. The molecule has 0 unspecified atom stereocenters. The maximum absolute atomic E-state index is 12.1. The van der Waals surface area contributed by atoms with Crippen molar-refractivity contribution in [2.24, 2.45) is 0 Å². The summed E-state index contributed by atoms with van der Waals surface area (Å²) in [6.07, 6.45) is 5.11. The third kappa shape index (κ3) is 6.17. The lowest BCUT2D eigenvalue weighted by atomic mass is 10.1. The predicted molar refractivity (Wildman–Crippen MR) is 96.9 cm³/mol. The number of nitrogens with zero attached hydrogens (tertiary/aromatic N) is 1. The maximum Gasteiger partial charge on any atom is 0.328 e. The van der Waals surface area contributed by atoms with Crippen molar-refractivity contribution in [1.82, 2.24) is 14.3 Å². The van der Waals surface area contributed by atoms with E-state index in [0.29, 0.717) is 6.42 Å². The zero-order valence-electron chi connectivity index (χ0n) is 13.9. The van der Waals surface area contributed by atoms with E-state index in [1.165, 1.54) is 16.8 Å². The number of sulfonamides is 1. The predicted octanol–water partition coefficient (Wildman–Crippen LogP) is 1.16. The zero-order chi connectivity index (χ0) is 18.3. The number of hydrogen-bond acceptors (Lipinski definition) is 4. The molecular weight excluding hydrogens is 342 g/mol. The molecule has 0 aliphatic rings.